The Morgan fingerprint density at radius 3 is 1.42 bits per heavy atom. The van der Waals surface area contributed by atoms with E-state index in [0.29, 0.717) is 23.2 Å². The number of nitrogens with zero attached hydrogens (tertiary/aromatic N) is 7. The second-order valence-corrected chi connectivity index (χ2v) is 31.6. The predicted octanol–water partition coefficient (Wildman–Crippen LogP) is 24.8. The van der Waals surface area contributed by atoms with E-state index in [4.69, 9.17) is 21.5 Å². The van der Waals surface area contributed by atoms with Gasteiger partial charge in [0.05, 0.1) is 51.0 Å². The van der Waals surface area contributed by atoms with Crippen LogP contribution in [0.25, 0.3) is 155 Å². The molecule has 0 bridgehead atoms. The summed E-state index contributed by atoms with van der Waals surface area (Å²) < 4.78 is 7.48. The van der Waals surface area contributed by atoms with Gasteiger partial charge in [0.25, 0.3) is 0 Å². The van der Waals surface area contributed by atoms with E-state index in [1.165, 1.54) is 66.1 Å². The summed E-state index contributed by atoms with van der Waals surface area (Å²) in [6.45, 7) is 35.7. The Hall–Kier alpha value is -11.5. The average Bonchev–Trinajstić information content (AvgIpc) is 1.56. The minimum atomic E-state index is -0.158. The molecule has 1 aliphatic carbocycles. The van der Waals surface area contributed by atoms with Gasteiger partial charge >= 0.3 is 0 Å². The number of rotatable bonds is 8. The normalized spacial score (nSPS) is 12.8. The van der Waals surface area contributed by atoms with Gasteiger partial charge in [0.1, 0.15) is 0 Å². The van der Waals surface area contributed by atoms with Gasteiger partial charge in [0, 0.05) is 65.8 Å². The summed E-state index contributed by atoms with van der Waals surface area (Å²) in [7, 11) is 0. The van der Waals surface area contributed by atoms with E-state index in [0.717, 1.165) is 106 Å². The maximum atomic E-state index is 8.21. The van der Waals surface area contributed by atoms with Crippen molar-refractivity contribution < 1.29 is 0 Å². The standard InChI is InChI=1S/C93H79N7/c1-90(2,3)62-46-60(47-63(54-62)91(4,5)6)88-95-87(96-89(97-88)61-48-64(92(7,8)9)55-65(49-61)93(10,11)12)59-39-43-80(99-78-36-23-20-33-73(78)84-76-51-58-26-17-18-31-68(58)69(76)41-44-81(84)99)75(52-59)71-40-38-57(56-27-25-28-66(50-56)94-13)53-83(71)100-79-37-24-21-34-74(79)85-82(100)45-42-72-70-32-19-22-35-77(70)98(86(72)85)67-29-15-14-16-30-67/h14-50,52-55H,51H2,1-12H3. The van der Waals surface area contributed by atoms with Crippen LogP contribution in [0.2, 0.25) is 0 Å². The van der Waals surface area contributed by atoms with Crippen LogP contribution in [0.1, 0.15) is 116 Å². The van der Waals surface area contributed by atoms with E-state index in [2.05, 4.69) is 332 Å². The lowest BCUT2D eigenvalue weighted by atomic mass is 9.79. The molecule has 0 saturated heterocycles. The second-order valence-electron chi connectivity index (χ2n) is 31.6. The molecule has 0 radical (unpaired) electrons. The van der Waals surface area contributed by atoms with E-state index in [1.807, 2.05) is 18.2 Å². The van der Waals surface area contributed by atoms with Crippen molar-refractivity contribution >= 4 is 71.1 Å². The summed E-state index contributed by atoms with van der Waals surface area (Å²) in [6, 6.07) is 91.6. The smallest absolute Gasteiger partial charge is 0.187 e. The Bertz CT molecular complexity index is 5950. The Balaban J connectivity index is 1.01. The highest BCUT2D eigenvalue weighted by Gasteiger charge is 2.31. The molecule has 7 heteroatoms. The van der Waals surface area contributed by atoms with Crippen LogP contribution in [0.3, 0.4) is 0 Å². The van der Waals surface area contributed by atoms with E-state index < -0.39 is 0 Å². The molecule has 0 atom stereocenters. The molecule has 4 heterocycles. The van der Waals surface area contributed by atoms with Gasteiger partial charge in [0.2, 0.25) is 0 Å². The van der Waals surface area contributed by atoms with Gasteiger partial charge in [0.15, 0.2) is 23.2 Å². The zero-order valence-electron chi connectivity index (χ0n) is 59.0. The number of benzene rings is 12. The highest BCUT2D eigenvalue weighted by atomic mass is 15.0. The minimum absolute atomic E-state index is 0.158. The molecule has 7 nitrogen and oxygen atoms in total. The SMILES string of the molecule is [C-]#[N+]c1cccc(-c2ccc(-c3cc(-c4nc(-c5cc(C(C)(C)C)cc(C(C)(C)C)c5)nc(-c5cc(C(C)(C)C)cc(C(C)(C)C)c5)n4)ccc3-n3c4ccccc4c4c5c(ccc43)-c3ccccc3C5)c(-n3c4ccccc4c4c3ccc3c5ccccc5n(-c5ccccc5)c34)c2)c1. The quantitative estimate of drug-likeness (QED) is 0.142. The third-order valence-electron chi connectivity index (χ3n) is 20.9. The molecule has 0 unspecified atom stereocenters. The number of fused-ring (bicyclic) bond motifs is 14. The molecule has 0 spiro atoms. The number of hydrogen-bond acceptors (Lipinski definition) is 3. The molecule has 12 aromatic carbocycles. The van der Waals surface area contributed by atoms with Crippen molar-refractivity contribution in [3.05, 3.63) is 294 Å². The first kappa shape index (κ1) is 62.1. The Labute approximate surface area is 585 Å². The first-order chi connectivity index (χ1) is 48.0. The van der Waals surface area contributed by atoms with E-state index in [-0.39, 0.29) is 21.7 Å². The van der Waals surface area contributed by atoms with Crippen LogP contribution in [-0.2, 0) is 28.1 Å². The zero-order valence-corrected chi connectivity index (χ0v) is 59.0. The van der Waals surface area contributed by atoms with Gasteiger partial charge in [-0.15, -0.1) is 0 Å². The summed E-state index contributed by atoms with van der Waals surface area (Å²) >= 11 is 0. The fourth-order valence-corrected chi connectivity index (χ4v) is 15.5. The lowest BCUT2D eigenvalue weighted by Crippen LogP contribution is -2.17. The Kier molecular flexibility index (Phi) is 14.2. The van der Waals surface area contributed by atoms with Crippen LogP contribution < -0.4 is 0 Å². The van der Waals surface area contributed by atoms with Gasteiger partial charge in [-0.05, 0) is 181 Å². The summed E-state index contributed by atoms with van der Waals surface area (Å²) in [5.41, 5.74) is 26.6. The molecule has 100 heavy (non-hydrogen) atoms. The van der Waals surface area contributed by atoms with Crippen molar-refractivity contribution in [3.8, 4) is 84.6 Å². The lowest BCUT2D eigenvalue weighted by molar-refractivity contribution is 0.568. The van der Waals surface area contributed by atoms with Crippen molar-refractivity contribution in [2.24, 2.45) is 0 Å². The van der Waals surface area contributed by atoms with E-state index in [1.54, 1.807) is 0 Å². The third-order valence-corrected chi connectivity index (χ3v) is 20.9. The molecular formula is C93H79N7. The van der Waals surface area contributed by atoms with Crippen molar-refractivity contribution in [1.82, 2.24) is 28.7 Å². The molecule has 486 valence electrons. The van der Waals surface area contributed by atoms with Crippen LogP contribution >= 0.6 is 0 Å². The monoisotopic (exact) mass is 1290 g/mol. The van der Waals surface area contributed by atoms with Crippen LogP contribution in [0, 0.1) is 6.57 Å². The van der Waals surface area contributed by atoms with Gasteiger partial charge in [-0.1, -0.05) is 235 Å². The van der Waals surface area contributed by atoms with Gasteiger partial charge in [-0.25, -0.2) is 19.8 Å². The summed E-state index contributed by atoms with van der Waals surface area (Å²) in [5.74, 6) is 1.81. The Morgan fingerprint density at radius 2 is 0.810 bits per heavy atom. The topological polar surface area (TPSA) is 57.8 Å². The summed E-state index contributed by atoms with van der Waals surface area (Å²) in [4.78, 5) is 21.0. The van der Waals surface area contributed by atoms with Crippen molar-refractivity contribution in [3.63, 3.8) is 0 Å². The van der Waals surface area contributed by atoms with Crippen LogP contribution in [-0.4, -0.2) is 28.7 Å². The number of hydrogen-bond donors (Lipinski definition) is 0. The first-order valence-electron chi connectivity index (χ1n) is 35.1. The van der Waals surface area contributed by atoms with E-state index in [9.17, 15) is 0 Å². The second kappa shape index (κ2) is 22.8. The van der Waals surface area contributed by atoms with Crippen LogP contribution in [0.5, 0.6) is 0 Å². The molecule has 4 aromatic heterocycles. The Morgan fingerprint density at radius 1 is 0.320 bits per heavy atom. The lowest BCUT2D eigenvalue weighted by Gasteiger charge is -2.26. The maximum Gasteiger partial charge on any atom is 0.187 e. The highest BCUT2D eigenvalue weighted by molar-refractivity contribution is 6.26. The summed E-state index contributed by atoms with van der Waals surface area (Å²) in [5, 5.41) is 7.15. The molecule has 17 rings (SSSR count). The van der Waals surface area contributed by atoms with Gasteiger partial charge < -0.3 is 13.7 Å². The van der Waals surface area contributed by atoms with Crippen LogP contribution in [0.15, 0.2) is 249 Å². The van der Waals surface area contributed by atoms with Gasteiger partial charge in [-0.3, -0.25) is 0 Å². The number of aromatic nitrogens is 6. The fraction of sp³-hybridized carbons (Fsp3) is 0.183. The minimum Gasteiger partial charge on any atom is -0.309 e. The largest absolute Gasteiger partial charge is 0.309 e. The van der Waals surface area contributed by atoms with Gasteiger partial charge in [-0.2, -0.15) is 0 Å². The zero-order chi connectivity index (χ0) is 68.9. The van der Waals surface area contributed by atoms with Crippen molar-refractivity contribution in [2.45, 2.75) is 111 Å². The third kappa shape index (κ3) is 10.3. The molecule has 0 N–H and O–H groups in total. The summed E-state index contributed by atoms with van der Waals surface area (Å²) in [6.07, 6.45) is 0.850. The fourth-order valence-electron chi connectivity index (χ4n) is 15.5. The van der Waals surface area contributed by atoms with Crippen molar-refractivity contribution in [1.29, 1.82) is 0 Å². The highest BCUT2D eigenvalue weighted by Crippen LogP contribution is 2.50. The van der Waals surface area contributed by atoms with Crippen molar-refractivity contribution in [2.75, 3.05) is 0 Å². The maximum absolute atomic E-state index is 8.21. The molecule has 16 aromatic rings. The molecular weight excluding hydrogens is 1220 g/mol. The number of para-hydroxylation sites is 4. The molecule has 0 saturated carbocycles. The average molecular weight is 1290 g/mol. The molecule has 1 aliphatic rings. The molecule has 0 fully saturated rings. The van der Waals surface area contributed by atoms with E-state index >= 15 is 0 Å². The molecule has 0 amide bonds. The first-order valence-corrected chi connectivity index (χ1v) is 35.1. The predicted molar refractivity (Wildman–Crippen MR) is 419 cm³/mol. The van der Waals surface area contributed by atoms with Crippen LogP contribution in [0.4, 0.5) is 5.69 Å². The molecule has 0 aliphatic heterocycles.